The van der Waals surface area contributed by atoms with Gasteiger partial charge in [0.15, 0.2) is 0 Å². The second kappa shape index (κ2) is 8.96. The van der Waals surface area contributed by atoms with Crippen molar-refractivity contribution in [2.24, 2.45) is 11.8 Å². The lowest BCUT2D eigenvalue weighted by Crippen LogP contribution is -2.42. The summed E-state index contributed by atoms with van der Waals surface area (Å²) in [5.74, 6) is 0.342. The van der Waals surface area contributed by atoms with Crippen molar-refractivity contribution >= 4 is 33.2 Å². The van der Waals surface area contributed by atoms with Crippen molar-refractivity contribution in [2.75, 3.05) is 25.5 Å². The zero-order valence-corrected chi connectivity index (χ0v) is 19.2. The molecule has 2 aromatic rings. The molecule has 0 aliphatic carbocycles. The van der Waals surface area contributed by atoms with Crippen LogP contribution in [-0.2, 0) is 10.0 Å². The number of nitrogens with one attached hydrogen (secondary N) is 1. The molecule has 2 aromatic carbocycles. The van der Waals surface area contributed by atoms with Gasteiger partial charge in [0.1, 0.15) is 10.6 Å². The number of hydrogen-bond donors (Lipinski definition) is 1. The van der Waals surface area contributed by atoms with Crippen LogP contribution in [0.25, 0.3) is 0 Å². The number of rotatable bonds is 5. The molecule has 0 saturated carbocycles. The van der Waals surface area contributed by atoms with Gasteiger partial charge in [-0.1, -0.05) is 31.5 Å². The Morgan fingerprint density at radius 3 is 2.47 bits per heavy atom. The zero-order valence-electron chi connectivity index (χ0n) is 17.6. The molecule has 2 unspecified atom stereocenters. The number of carbonyl (C=O) groups excluding carboxylic acids is 1. The van der Waals surface area contributed by atoms with Crippen LogP contribution in [0.5, 0.6) is 5.75 Å². The van der Waals surface area contributed by atoms with E-state index < -0.39 is 15.9 Å². The van der Waals surface area contributed by atoms with Crippen LogP contribution >= 0.6 is 11.6 Å². The zero-order chi connectivity index (χ0) is 22.1. The molecular formula is C22H27ClN2O4S. The third-order valence-corrected chi connectivity index (χ3v) is 7.66. The standard InChI is InChI=1S/C22H27ClN2O4S/c1-14-10-15(2)13-25(12-14)30(27,28)21-11-17(8-9-20(21)29-4)22(26)24-19-7-5-6-18(23)16(19)3/h5-9,11,14-15H,10,12-13H2,1-4H3,(H,24,26). The van der Waals surface area contributed by atoms with Crippen molar-refractivity contribution in [3.05, 3.63) is 52.5 Å². The lowest BCUT2D eigenvalue weighted by Gasteiger charge is -2.34. The molecule has 1 amide bonds. The Morgan fingerprint density at radius 2 is 1.83 bits per heavy atom. The van der Waals surface area contributed by atoms with E-state index in [1.807, 2.05) is 13.8 Å². The SMILES string of the molecule is COc1ccc(C(=O)Nc2cccc(Cl)c2C)cc1S(=O)(=O)N1CC(C)CC(C)C1. The number of hydrogen-bond acceptors (Lipinski definition) is 4. The first-order chi connectivity index (χ1) is 14.1. The lowest BCUT2D eigenvalue weighted by atomic mass is 9.94. The molecule has 2 atom stereocenters. The van der Waals surface area contributed by atoms with E-state index in [0.717, 1.165) is 12.0 Å². The number of amides is 1. The average Bonchev–Trinajstić information content (AvgIpc) is 2.70. The predicted molar refractivity (Wildman–Crippen MR) is 119 cm³/mol. The van der Waals surface area contributed by atoms with Crippen LogP contribution in [-0.4, -0.2) is 38.8 Å². The summed E-state index contributed by atoms with van der Waals surface area (Å²) in [7, 11) is -2.39. The van der Waals surface area contributed by atoms with Crippen molar-refractivity contribution in [1.29, 1.82) is 0 Å². The molecule has 1 N–H and O–H groups in total. The molecule has 6 nitrogen and oxygen atoms in total. The molecule has 1 aliphatic rings. The number of carbonyl (C=O) groups is 1. The van der Waals surface area contributed by atoms with Gasteiger partial charge in [0.05, 0.1) is 7.11 Å². The van der Waals surface area contributed by atoms with E-state index >= 15 is 0 Å². The van der Waals surface area contributed by atoms with E-state index in [9.17, 15) is 13.2 Å². The predicted octanol–water partition coefficient (Wildman–Crippen LogP) is 4.58. The summed E-state index contributed by atoms with van der Waals surface area (Å²) in [4.78, 5) is 12.8. The van der Waals surface area contributed by atoms with Crippen LogP contribution in [0.1, 0.15) is 36.2 Å². The van der Waals surface area contributed by atoms with Gasteiger partial charge in [-0.15, -0.1) is 0 Å². The first kappa shape index (κ1) is 22.6. The van der Waals surface area contributed by atoms with Gasteiger partial charge in [-0.2, -0.15) is 4.31 Å². The highest BCUT2D eigenvalue weighted by Crippen LogP contribution is 2.32. The van der Waals surface area contributed by atoms with Crippen molar-refractivity contribution < 1.29 is 17.9 Å². The van der Waals surface area contributed by atoms with Gasteiger partial charge in [-0.05, 0) is 61.1 Å². The summed E-state index contributed by atoms with van der Waals surface area (Å²) in [5, 5.41) is 3.35. The molecule has 1 heterocycles. The van der Waals surface area contributed by atoms with E-state index in [1.165, 1.54) is 23.5 Å². The maximum atomic E-state index is 13.4. The lowest BCUT2D eigenvalue weighted by molar-refractivity contribution is 0.102. The first-order valence-electron chi connectivity index (χ1n) is 9.88. The summed E-state index contributed by atoms with van der Waals surface area (Å²) in [5.41, 5.74) is 1.54. The smallest absolute Gasteiger partial charge is 0.255 e. The highest BCUT2D eigenvalue weighted by molar-refractivity contribution is 7.89. The number of piperidine rings is 1. The van der Waals surface area contributed by atoms with Crippen molar-refractivity contribution in [1.82, 2.24) is 4.31 Å². The van der Waals surface area contributed by atoms with E-state index in [0.29, 0.717) is 23.8 Å². The maximum Gasteiger partial charge on any atom is 0.255 e. The van der Waals surface area contributed by atoms with Gasteiger partial charge in [0.2, 0.25) is 10.0 Å². The largest absolute Gasteiger partial charge is 0.495 e. The van der Waals surface area contributed by atoms with Gasteiger partial charge >= 0.3 is 0 Å². The molecule has 1 saturated heterocycles. The van der Waals surface area contributed by atoms with Crippen LogP contribution in [0.4, 0.5) is 5.69 Å². The van der Waals surface area contributed by atoms with Crippen LogP contribution < -0.4 is 10.1 Å². The summed E-state index contributed by atoms with van der Waals surface area (Å²) in [6.45, 7) is 6.81. The van der Waals surface area contributed by atoms with E-state index in [-0.39, 0.29) is 28.0 Å². The summed E-state index contributed by atoms with van der Waals surface area (Å²) in [6, 6.07) is 9.68. The van der Waals surface area contributed by atoms with Crippen molar-refractivity contribution in [3.63, 3.8) is 0 Å². The Morgan fingerprint density at radius 1 is 1.17 bits per heavy atom. The molecular weight excluding hydrogens is 424 g/mol. The van der Waals surface area contributed by atoms with Crippen LogP contribution in [0.2, 0.25) is 5.02 Å². The summed E-state index contributed by atoms with van der Waals surface area (Å²) in [6.07, 6.45) is 0.991. The van der Waals surface area contributed by atoms with Crippen LogP contribution in [0.3, 0.4) is 0 Å². The molecule has 3 rings (SSSR count). The highest BCUT2D eigenvalue weighted by Gasteiger charge is 2.34. The van der Waals surface area contributed by atoms with Gasteiger partial charge in [0.25, 0.3) is 5.91 Å². The number of halogens is 1. The van der Waals surface area contributed by atoms with Gasteiger partial charge in [-0.25, -0.2) is 8.42 Å². The van der Waals surface area contributed by atoms with E-state index in [2.05, 4.69) is 5.32 Å². The molecule has 1 aliphatic heterocycles. The van der Waals surface area contributed by atoms with Crippen molar-refractivity contribution in [2.45, 2.75) is 32.1 Å². The third kappa shape index (κ3) is 4.63. The number of anilines is 1. The quantitative estimate of drug-likeness (QED) is 0.723. The van der Waals surface area contributed by atoms with Crippen LogP contribution in [0.15, 0.2) is 41.3 Å². The average molecular weight is 451 g/mol. The molecule has 0 bridgehead atoms. The molecule has 0 aromatic heterocycles. The number of methoxy groups -OCH3 is 1. The maximum absolute atomic E-state index is 13.4. The van der Waals surface area contributed by atoms with E-state index in [4.69, 9.17) is 16.3 Å². The van der Waals surface area contributed by atoms with E-state index in [1.54, 1.807) is 31.2 Å². The van der Waals surface area contributed by atoms with Gasteiger partial charge < -0.3 is 10.1 Å². The minimum atomic E-state index is -3.81. The third-order valence-electron chi connectivity index (χ3n) is 5.39. The number of nitrogens with zero attached hydrogens (tertiary/aromatic N) is 1. The Bertz CT molecular complexity index is 1050. The number of sulfonamides is 1. The molecule has 162 valence electrons. The molecule has 0 radical (unpaired) electrons. The Labute approximate surface area is 183 Å². The highest BCUT2D eigenvalue weighted by atomic mass is 35.5. The number of benzene rings is 2. The number of ether oxygens (including phenoxy) is 1. The fourth-order valence-electron chi connectivity index (χ4n) is 3.90. The van der Waals surface area contributed by atoms with Gasteiger partial charge in [-0.3, -0.25) is 4.79 Å². The van der Waals surface area contributed by atoms with Crippen molar-refractivity contribution in [3.8, 4) is 5.75 Å². The monoisotopic (exact) mass is 450 g/mol. The molecule has 8 heteroatoms. The molecule has 0 spiro atoms. The Hall–Kier alpha value is -2.09. The summed E-state index contributed by atoms with van der Waals surface area (Å²) >= 11 is 6.12. The normalized spacial score (nSPS) is 20.0. The Balaban J connectivity index is 1.95. The molecule has 30 heavy (non-hydrogen) atoms. The second-order valence-electron chi connectivity index (χ2n) is 8.00. The minimum absolute atomic E-state index is 0.00164. The minimum Gasteiger partial charge on any atom is -0.495 e. The first-order valence-corrected chi connectivity index (χ1v) is 11.7. The summed E-state index contributed by atoms with van der Waals surface area (Å²) < 4.78 is 33.6. The molecule has 1 fully saturated rings. The Kier molecular flexibility index (Phi) is 6.75. The van der Waals surface area contributed by atoms with Gasteiger partial charge in [0, 0.05) is 29.4 Å². The fraction of sp³-hybridized carbons (Fsp3) is 0.409. The second-order valence-corrected chi connectivity index (χ2v) is 10.3. The van der Waals surface area contributed by atoms with Crippen LogP contribution in [0, 0.1) is 18.8 Å². The topological polar surface area (TPSA) is 75.7 Å². The fourth-order valence-corrected chi connectivity index (χ4v) is 5.93.